The van der Waals surface area contributed by atoms with Gasteiger partial charge in [0.1, 0.15) is 11.6 Å². The van der Waals surface area contributed by atoms with Gasteiger partial charge >= 0.3 is 0 Å². The highest BCUT2D eigenvalue weighted by atomic mass is 19.1. The van der Waals surface area contributed by atoms with Gasteiger partial charge in [-0.15, -0.1) is 0 Å². The summed E-state index contributed by atoms with van der Waals surface area (Å²) < 4.78 is 26.8. The topological polar surface area (TPSA) is 24.1 Å². The Hall–Kier alpha value is -1.00. The molecule has 0 spiro atoms. The lowest BCUT2D eigenvalue weighted by Crippen LogP contribution is -2.32. The van der Waals surface area contributed by atoms with Crippen LogP contribution >= 0.6 is 0 Å². The Kier molecular flexibility index (Phi) is 4.66. The molecule has 1 aromatic carbocycles. The second-order valence-corrected chi connectivity index (χ2v) is 4.93. The SMILES string of the molecule is CC(NC1CCCNCC1)c1cc(F)ccc1F. The average molecular weight is 254 g/mol. The van der Waals surface area contributed by atoms with Crippen molar-refractivity contribution in [2.75, 3.05) is 13.1 Å². The Balaban J connectivity index is 2.01. The predicted octanol–water partition coefficient (Wildman–Crippen LogP) is 2.76. The summed E-state index contributed by atoms with van der Waals surface area (Å²) in [5.74, 6) is -0.731. The predicted molar refractivity (Wildman–Crippen MR) is 68.4 cm³/mol. The van der Waals surface area contributed by atoms with Crippen LogP contribution in [0.2, 0.25) is 0 Å². The molecule has 1 aliphatic heterocycles. The minimum absolute atomic E-state index is 0.163. The molecule has 0 amide bonds. The zero-order valence-electron chi connectivity index (χ0n) is 10.7. The summed E-state index contributed by atoms with van der Waals surface area (Å²) >= 11 is 0. The summed E-state index contributed by atoms with van der Waals surface area (Å²) in [5, 5.41) is 6.73. The largest absolute Gasteiger partial charge is 0.317 e. The Bertz CT molecular complexity index is 387. The van der Waals surface area contributed by atoms with Gasteiger partial charge in [0.25, 0.3) is 0 Å². The molecule has 2 rings (SSSR count). The number of rotatable bonds is 3. The van der Waals surface area contributed by atoms with Gasteiger partial charge in [0.15, 0.2) is 0 Å². The molecule has 1 aromatic rings. The second kappa shape index (κ2) is 6.25. The van der Waals surface area contributed by atoms with Crippen LogP contribution in [0, 0.1) is 11.6 Å². The third-order valence-electron chi connectivity index (χ3n) is 3.49. The third-order valence-corrected chi connectivity index (χ3v) is 3.49. The molecule has 2 N–H and O–H groups in total. The van der Waals surface area contributed by atoms with Crippen molar-refractivity contribution in [2.45, 2.75) is 38.3 Å². The fourth-order valence-corrected chi connectivity index (χ4v) is 2.48. The van der Waals surface area contributed by atoms with E-state index in [1.54, 1.807) is 0 Å². The van der Waals surface area contributed by atoms with Crippen LogP contribution in [0.15, 0.2) is 18.2 Å². The van der Waals surface area contributed by atoms with E-state index in [9.17, 15) is 8.78 Å². The molecule has 1 fully saturated rings. The Morgan fingerprint density at radius 3 is 2.94 bits per heavy atom. The molecule has 100 valence electrons. The molecular weight excluding hydrogens is 234 g/mol. The molecule has 0 aromatic heterocycles. The fourth-order valence-electron chi connectivity index (χ4n) is 2.48. The van der Waals surface area contributed by atoms with E-state index in [1.807, 2.05) is 6.92 Å². The summed E-state index contributed by atoms with van der Waals surface area (Å²) in [7, 11) is 0. The highest BCUT2D eigenvalue weighted by Gasteiger charge is 2.17. The standard InChI is InChI=1S/C14H20F2N2/c1-10(13-9-11(15)4-5-14(13)16)18-12-3-2-7-17-8-6-12/h4-5,9-10,12,17-18H,2-3,6-8H2,1H3. The van der Waals surface area contributed by atoms with Crippen molar-refractivity contribution in [1.82, 2.24) is 10.6 Å². The Labute approximate surface area is 107 Å². The molecule has 0 aliphatic carbocycles. The molecule has 18 heavy (non-hydrogen) atoms. The first-order valence-corrected chi connectivity index (χ1v) is 6.58. The average Bonchev–Trinajstić information content (AvgIpc) is 2.61. The maximum atomic E-state index is 13.6. The summed E-state index contributed by atoms with van der Waals surface area (Å²) in [6.45, 7) is 3.91. The first-order chi connectivity index (χ1) is 8.66. The van der Waals surface area contributed by atoms with Crippen LogP contribution in [0.3, 0.4) is 0 Å². The lowest BCUT2D eigenvalue weighted by Gasteiger charge is -2.22. The van der Waals surface area contributed by atoms with Crippen molar-refractivity contribution in [1.29, 1.82) is 0 Å². The van der Waals surface area contributed by atoms with Gasteiger partial charge in [-0.3, -0.25) is 0 Å². The molecule has 4 heteroatoms. The van der Waals surface area contributed by atoms with E-state index in [2.05, 4.69) is 10.6 Å². The van der Waals surface area contributed by atoms with E-state index >= 15 is 0 Å². The number of hydrogen-bond acceptors (Lipinski definition) is 2. The molecule has 1 saturated heterocycles. The van der Waals surface area contributed by atoms with Crippen molar-refractivity contribution in [3.05, 3.63) is 35.4 Å². The van der Waals surface area contributed by atoms with E-state index in [-0.39, 0.29) is 17.7 Å². The van der Waals surface area contributed by atoms with E-state index in [4.69, 9.17) is 0 Å². The van der Waals surface area contributed by atoms with Crippen LogP contribution < -0.4 is 10.6 Å². The van der Waals surface area contributed by atoms with E-state index < -0.39 is 0 Å². The van der Waals surface area contributed by atoms with Gasteiger partial charge in [0, 0.05) is 17.6 Å². The van der Waals surface area contributed by atoms with Gasteiger partial charge in [-0.2, -0.15) is 0 Å². The van der Waals surface area contributed by atoms with Crippen molar-refractivity contribution in [3.63, 3.8) is 0 Å². The summed E-state index contributed by atoms with van der Waals surface area (Å²) in [6, 6.07) is 3.84. The maximum Gasteiger partial charge on any atom is 0.128 e. The van der Waals surface area contributed by atoms with E-state index in [0.29, 0.717) is 11.6 Å². The van der Waals surface area contributed by atoms with Crippen LogP contribution in [0.4, 0.5) is 8.78 Å². The number of hydrogen-bond donors (Lipinski definition) is 2. The highest BCUT2D eigenvalue weighted by Crippen LogP contribution is 2.20. The monoisotopic (exact) mass is 254 g/mol. The van der Waals surface area contributed by atoms with Crippen molar-refractivity contribution in [3.8, 4) is 0 Å². The Morgan fingerprint density at radius 1 is 1.28 bits per heavy atom. The van der Waals surface area contributed by atoms with Gasteiger partial charge in [-0.25, -0.2) is 8.78 Å². The van der Waals surface area contributed by atoms with Gasteiger partial charge in [0.2, 0.25) is 0 Å². The minimum Gasteiger partial charge on any atom is -0.317 e. The first kappa shape index (κ1) is 13.4. The molecule has 0 radical (unpaired) electrons. The molecule has 0 bridgehead atoms. The fraction of sp³-hybridized carbons (Fsp3) is 0.571. The first-order valence-electron chi connectivity index (χ1n) is 6.58. The molecule has 0 saturated carbocycles. The number of benzene rings is 1. The van der Waals surface area contributed by atoms with Crippen LogP contribution in [0.1, 0.15) is 37.8 Å². The van der Waals surface area contributed by atoms with Crippen LogP contribution in [-0.2, 0) is 0 Å². The maximum absolute atomic E-state index is 13.6. The number of halogens is 2. The van der Waals surface area contributed by atoms with Crippen LogP contribution in [0.5, 0.6) is 0 Å². The van der Waals surface area contributed by atoms with Crippen molar-refractivity contribution in [2.24, 2.45) is 0 Å². The van der Waals surface area contributed by atoms with E-state index in [0.717, 1.165) is 38.4 Å². The van der Waals surface area contributed by atoms with Gasteiger partial charge in [-0.05, 0) is 57.5 Å². The third kappa shape index (κ3) is 3.50. The molecule has 2 unspecified atom stereocenters. The molecule has 1 aliphatic rings. The van der Waals surface area contributed by atoms with Crippen molar-refractivity contribution < 1.29 is 8.78 Å². The van der Waals surface area contributed by atoms with E-state index in [1.165, 1.54) is 12.1 Å². The molecular formula is C14H20F2N2. The summed E-state index contributed by atoms with van der Waals surface area (Å²) in [4.78, 5) is 0. The molecule has 2 atom stereocenters. The normalized spacial score (nSPS) is 22.5. The Morgan fingerprint density at radius 2 is 2.11 bits per heavy atom. The zero-order chi connectivity index (χ0) is 13.0. The van der Waals surface area contributed by atoms with Gasteiger partial charge in [0.05, 0.1) is 0 Å². The lowest BCUT2D eigenvalue weighted by atomic mass is 10.0. The summed E-state index contributed by atoms with van der Waals surface area (Å²) in [5.41, 5.74) is 0.409. The molecule has 1 heterocycles. The lowest BCUT2D eigenvalue weighted by molar-refractivity contribution is 0.411. The van der Waals surface area contributed by atoms with Gasteiger partial charge in [-0.1, -0.05) is 0 Å². The quantitative estimate of drug-likeness (QED) is 0.866. The second-order valence-electron chi connectivity index (χ2n) is 4.93. The number of nitrogens with one attached hydrogen (secondary N) is 2. The van der Waals surface area contributed by atoms with Crippen LogP contribution in [0.25, 0.3) is 0 Å². The van der Waals surface area contributed by atoms with Crippen molar-refractivity contribution >= 4 is 0 Å². The van der Waals surface area contributed by atoms with Gasteiger partial charge < -0.3 is 10.6 Å². The zero-order valence-corrected chi connectivity index (χ0v) is 10.7. The van der Waals surface area contributed by atoms with Crippen LogP contribution in [-0.4, -0.2) is 19.1 Å². The highest BCUT2D eigenvalue weighted by molar-refractivity contribution is 5.21. The minimum atomic E-state index is -0.386. The summed E-state index contributed by atoms with van der Waals surface area (Å²) in [6.07, 6.45) is 3.23. The smallest absolute Gasteiger partial charge is 0.128 e. The molecule has 2 nitrogen and oxygen atoms in total.